The lowest BCUT2D eigenvalue weighted by Gasteiger charge is -2.38. The highest BCUT2D eigenvalue weighted by Crippen LogP contribution is 2.39. The van der Waals surface area contributed by atoms with Crippen LogP contribution in [0.3, 0.4) is 0 Å². The Labute approximate surface area is 96.1 Å². The molecule has 0 bridgehead atoms. The van der Waals surface area contributed by atoms with E-state index in [9.17, 15) is 10.2 Å². The molecule has 0 unspecified atom stereocenters. The van der Waals surface area contributed by atoms with Gasteiger partial charge in [-0.1, -0.05) is 19.4 Å². The number of phenolic OH excluding ortho intramolecular Hbond substituents is 2. The zero-order valence-electron chi connectivity index (χ0n) is 9.66. The van der Waals surface area contributed by atoms with Gasteiger partial charge in [0.15, 0.2) is 11.5 Å². The van der Waals surface area contributed by atoms with Gasteiger partial charge in [-0.25, -0.2) is 0 Å². The van der Waals surface area contributed by atoms with E-state index in [0.717, 1.165) is 18.7 Å². The minimum atomic E-state index is -0.0605. The fourth-order valence-corrected chi connectivity index (χ4v) is 2.14. The molecule has 0 aliphatic heterocycles. The van der Waals surface area contributed by atoms with Crippen molar-refractivity contribution in [3.05, 3.63) is 23.8 Å². The number of aromatic hydroxyl groups is 2. The summed E-state index contributed by atoms with van der Waals surface area (Å²) >= 11 is 0. The van der Waals surface area contributed by atoms with Gasteiger partial charge in [0.25, 0.3) is 0 Å². The molecule has 0 atom stereocenters. The van der Waals surface area contributed by atoms with Gasteiger partial charge in [0.1, 0.15) is 0 Å². The van der Waals surface area contributed by atoms with E-state index in [2.05, 4.69) is 12.2 Å². The molecule has 0 spiro atoms. The Morgan fingerprint density at radius 3 is 2.56 bits per heavy atom. The number of benzene rings is 1. The molecule has 1 aliphatic carbocycles. The second-order valence-electron chi connectivity index (χ2n) is 5.09. The molecule has 0 saturated heterocycles. The summed E-state index contributed by atoms with van der Waals surface area (Å²) in [7, 11) is 0. The van der Waals surface area contributed by atoms with Crippen LogP contribution in [0.2, 0.25) is 0 Å². The average Bonchev–Trinajstić information content (AvgIpc) is 2.21. The predicted octanol–water partition coefficient (Wildman–Crippen LogP) is 2.38. The summed E-state index contributed by atoms with van der Waals surface area (Å²) < 4.78 is 0. The van der Waals surface area contributed by atoms with Crippen LogP contribution in [-0.4, -0.2) is 16.8 Å². The second kappa shape index (κ2) is 4.34. The summed E-state index contributed by atoms with van der Waals surface area (Å²) in [5.41, 5.74) is 1.47. The van der Waals surface area contributed by atoms with Gasteiger partial charge in [0.2, 0.25) is 0 Å². The van der Waals surface area contributed by atoms with Gasteiger partial charge in [-0.15, -0.1) is 0 Å². The Balaban J connectivity index is 1.83. The molecular weight excluding hydrogens is 202 g/mol. The molecule has 0 amide bonds. The summed E-state index contributed by atoms with van der Waals surface area (Å²) in [5, 5.41) is 21.9. The fraction of sp³-hybridized carbons (Fsp3) is 0.538. The van der Waals surface area contributed by atoms with Crippen LogP contribution in [0.1, 0.15) is 31.7 Å². The van der Waals surface area contributed by atoms with E-state index in [1.54, 1.807) is 6.07 Å². The molecule has 0 aromatic heterocycles. The maximum absolute atomic E-state index is 9.34. The molecule has 3 heteroatoms. The SMILES string of the molecule is CC1(CNCc2ccc(O)c(O)c2)CCC1. The molecule has 1 saturated carbocycles. The molecule has 16 heavy (non-hydrogen) atoms. The molecule has 1 aromatic rings. The highest BCUT2D eigenvalue weighted by Gasteiger charge is 2.30. The molecule has 1 aromatic carbocycles. The van der Waals surface area contributed by atoms with Crippen LogP contribution in [-0.2, 0) is 6.54 Å². The monoisotopic (exact) mass is 221 g/mol. The standard InChI is InChI=1S/C13H19NO2/c1-13(5-2-6-13)9-14-8-10-3-4-11(15)12(16)7-10/h3-4,7,14-16H,2,5-6,8-9H2,1H3. The lowest BCUT2D eigenvalue weighted by Crippen LogP contribution is -2.36. The molecule has 3 nitrogen and oxygen atoms in total. The van der Waals surface area contributed by atoms with Crippen LogP contribution in [0.25, 0.3) is 0 Å². The van der Waals surface area contributed by atoms with Crippen molar-refractivity contribution < 1.29 is 10.2 Å². The van der Waals surface area contributed by atoms with E-state index in [4.69, 9.17) is 0 Å². The quantitative estimate of drug-likeness (QED) is 0.684. The molecule has 0 radical (unpaired) electrons. The lowest BCUT2D eigenvalue weighted by atomic mass is 9.70. The molecule has 3 N–H and O–H groups in total. The summed E-state index contributed by atoms with van der Waals surface area (Å²) in [5.74, 6) is -0.108. The normalized spacial score (nSPS) is 18.1. The maximum Gasteiger partial charge on any atom is 0.157 e. The Morgan fingerprint density at radius 1 is 1.25 bits per heavy atom. The van der Waals surface area contributed by atoms with Crippen molar-refractivity contribution in [2.75, 3.05) is 6.54 Å². The van der Waals surface area contributed by atoms with Crippen molar-refractivity contribution in [1.29, 1.82) is 0 Å². The lowest BCUT2D eigenvalue weighted by molar-refractivity contribution is 0.156. The third kappa shape index (κ3) is 2.47. The third-order valence-corrected chi connectivity index (χ3v) is 3.48. The smallest absolute Gasteiger partial charge is 0.157 e. The van der Waals surface area contributed by atoms with Crippen LogP contribution in [0.5, 0.6) is 11.5 Å². The van der Waals surface area contributed by atoms with Gasteiger partial charge in [-0.05, 0) is 36.0 Å². The zero-order valence-corrected chi connectivity index (χ0v) is 9.66. The van der Waals surface area contributed by atoms with E-state index < -0.39 is 0 Å². The average molecular weight is 221 g/mol. The van der Waals surface area contributed by atoms with Gasteiger partial charge in [0, 0.05) is 13.1 Å². The minimum Gasteiger partial charge on any atom is -0.504 e. The van der Waals surface area contributed by atoms with E-state index in [1.807, 2.05) is 6.07 Å². The Bertz CT molecular complexity index is 372. The van der Waals surface area contributed by atoms with Crippen molar-refractivity contribution >= 4 is 0 Å². The maximum atomic E-state index is 9.34. The first-order valence-corrected chi connectivity index (χ1v) is 5.81. The predicted molar refractivity (Wildman–Crippen MR) is 63.4 cm³/mol. The second-order valence-corrected chi connectivity index (χ2v) is 5.09. The highest BCUT2D eigenvalue weighted by molar-refractivity contribution is 5.40. The van der Waals surface area contributed by atoms with Crippen LogP contribution in [0.4, 0.5) is 0 Å². The van der Waals surface area contributed by atoms with Crippen LogP contribution in [0, 0.1) is 5.41 Å². The fourth-order valence-electron chi connectivity index (χ4n) is 2.14. The molecule has 2 rings (SSSR count). The van der Waals surface area contributed by atoms with Gasteiger partial charge in [-0.3, -0.25) is 0 Å². The van der Waals surface area contributed by atoms with Crippen LogP contribution < -0.4 is 5.32 Å². The van der Waals surface area contributed by atoms with Gasteiger partial charge in [0.05, 0.1) is 0 Å². The zero-order chi connectivity index (χ0) is 11.6. The Morgan fingerprint density at radius 2 is 2.00 bits per heavy atom. The van der Waals surface area contributed by atoms with Crippen molar-refractivity contribution in [3.8, 4) is 11.5 Å². The first kappa shape index (κ1) is 11.3. The van der Waals surface area contributed by atoms with Crippen molar-refractivity contribution in [3.63, 3.8) is 0 Å². The summed E-state index contributed by atoms with van der Waals surface area (Å²) in [6.45, 7) is 4.07. The Hall–Kier alpha value is -1.22. The van der Waals surface area contributed by atoms with Gasteiger partial charge < -0.3 is 15.5 Å². The van der Waals surface area contributed by atoms with E-state index >= 15 is 0 Å². The van der Waals surface area contributed by atoms with Crippen LogP contribution >= 0.6 is 0 Å². The Kier molecular flexibility index (Phi) is 3.06. The molecule has 1 aliphatic rings. The first-order valence-electron chi connectivity index (χ1n) is 5.81. The highest BCUT2D eigenvalue weighted by atomic mass is 16.3. The summed E-state index contributed by atoms with van der Waals surface area (Å²) in [6, 6.07) is 4.95. The van der Waals surface area contributed by atoms with Gasteiger partial charge in [-0.2, -0.15) is 0 Å². The number of rotatable bonds is 4. The molecular formula is C13H19NO2. The van der Waals surface area contributed by atoms with E-state index in [1.165, 1.54) is 25.3 Å². The van der Waals surface area contributed by atoms with Crippen molar-refractivity contribution in [1.82, 2.24) is 5.32 Å². The molecule has 1 fully saturated rings. The summed E-state index contributed by atoms with van der Waals surface area (Å²) in [4.78, 5) is 0. The van der Waals surface area contributed by atoms with Crippen molar-refractivity contribution in [2.24, 2.45) is 5.41 Å². The van der Waals surface area contributed by atoms with Crippen LogP contribution in [0.15, 0.2) is 18.2 Å². The number of phenols is 2. The van der Waals surface area contributed by atoms with E-state index in [0.29, 0.717) is 5.41 Å². The third-order valence-electron chi connectivity index (χ3n) is 3.48. The van der Waals surface area contributed by atoms with E-state index in [-0.39, 0.29) is 11.5 Å². The number of nitrogens with one attached hydrogen (secondary N) is 1. The van der Waals surface area contributed by atoms with Gasteiger partial charge >= 0.3 is 0 Å². The largest absolute Gasteiger partial charge is 0.504 e. The van der Waals surface area contributed by atoms with Crippen molar-refractivity contribution in [2.45, 2.75) is 32.7 Å². The molecule has 88 valence electrons. The minimum absolute atomic E-state index is 0.0471. The first-order chi connectivity index (χ1) is 7.59. The summed E-state index contributed by atoms with van der Waals surface area (Å²) in [6.07, 6.45) is 3.96. The number of hydrogen-bond donors (Lipinski definition) is 3. The topological polar surface area (TPSA) is 52.5 Å². The number of hydrogen-bond acceptors (Lipinski definition) is 3. The molecule has 0 heterocycles.